The molecule has 1 amide bonds. The van der Waals surface area contributed by atoms with Gasteiger partial charge in [0.05, 0.1) is 16.1 Å². The smallest absolute Gasteiger partial charge is 0.418 e. The number of rotatable bonds is 5. The Kier molecular flexibility index (Phi) is 6.88. The van der Waals surface area contributed by atoms with Crippen LogP contribution in [0.15, 0.2) is 18.2 Å². The van der Waals surface area contributed by atoms with Gasteiger partial charge in [0, 0.05) is 11.9 Å². The zero-order valence-electron chi connectivity index (χ0n) is 16.3. The molecule has 1 aromatic carbocycles. The molecule has 1 N–H and O–H groups in total. The van der Waals surface area contributed by atoms with Gasteiger partial charge < -0.3 is 10.1 Å². The van der Waals surface area contributed by atoms with Crippen LogP contribution in [0.3, 0.4) is 0 Å². The number of carbonyl (C=O) groups is 1. The molecule has 0 aliphatic heterocycles. The van der Waals surface area contributed by atoms with E-state index in [2.05, 4.69) is 15.0 Å². The van der Waals surface area contributed by atoms with Crippen molar-refractivity contribution in [1.82, 2.24) is 10.3 Å². The molecule has 1 aliphatic rings. The van der Waals surface area contributed by atoms with Crippen molar-refractivity contribution < 1.29 is 35.9 Å². The molecule has 1 aliphatic carbocycles. The topological polar surface area (TPSA) is 51.2 Å². The van der Waals surface area contributed by atoms with Gasteiger partial charge in [0.25, 0.3) is 5.91 Å². The van der Waals surface area contributed by atoms with Gasteiger partial charge in [-0.25, -0.2) is 9.37 Å². The van der Waals surface area contributed by atoms with E-state index in [-0.39, 0.29) is 34.5 Å². The summed E-state index contributed by atoms with van der Waals surface area (Å²) >= 11 is 6.05. The van der Waals surface area contributed by atoms with Crippen LogP contribution in [0.1, 0.15) is 42.2 Å². The van der Waals surface area contributed by atoms with Gasteiger partial charge in [-0.3, -0.25) is 4.79 Å². The quantitative estimate of drug-likeness (QED) is 0.546. The highest BCUT2D eigenvalue weighted by atomic mass is 35.5. The van der Waals surface area contributed by atoms with Gasteiger partial charge in [0.2, 0.25) is 0 Å². The number of fused-ring (bicyclic) bond motifs is 1. The number of halogens is 7. The minimum atomic E-state index is -4.96. The molecule has 3 unspecified atom stereocenters. The molecule has 0 saturated heterocycles. The van der Waals surface area contributed by atoms with Crippen molar-refractivity contribution in [3.63, 3.8) is 0 Å². The summed E-state index contributed by atoms with van der Waals surface area (Å²) in [6, 6.07) is 2.33. The Morgan fingerprint density at radius 1 is 1.29 bits per heavy atom. The van der Waals surface area contributed by atoms with E-state index in [0.29, 0.717) is 25.3 Å². The SMILES string of the molecule is CC1CCC(F)CC1CNC(=O)c1cc(Cl)c2cc(OC(F)F)cc(C(F)(F)F)c2n1. The highest BCUT2D eigenvalue weighted by Gasteiger charge is 2.35. The number of benzene rings is 1. The Morgan fingerprint density at radius 2 is 2.00 bits per heavy atom. The van der Waals surface area contributed by atoms with Crippen molar-refractivity contribution in [2.24, 2.45) is 11.8 Å². The fraction of sp³-hybridized carbons (Fsp3) is 0.500. The average molecular weight is 469 g/mol. The molecule has 1 aromatic heterocycles. The Morgan fingerprint density at radius 3 is 2.65 bits per heavy atom. The lowest BCUT2D eigenvalue weighted by Gasteiger charge is -2.30. The van der Waals surface area contributed by atoms with Crippen LogP contribution in [0, 0.1) is 11.8 Å². The number of alkyl halides is 6. The highest BCUT2D eigenvalue weighted by molar-refractivity contribution is 6.35. The first-order valence-electron chi connectivity index (χ1n) is 9.54. The Balaban J connectivity index is 1.92. The van der Waals surface area contributed by atoms with E-state index in [1.54, 1.807) is 0 Å². The van der Waals surface area contributed by atoms with Gasteiger partial charge in [-0.05, 0) is 49.3 Å². The summed E-state index contributed by atoms with van der Waals surface area (Å²) in [5, 5.41) is 2.01. The number of hydrogen-bond donors (Lipinski definition) is 1. The van der Waals surface area contributed by atoms with Crippen LogP contribution in [-0.2, 0) is 6.18 Å². The van der Waals surface area contributed by atoms with E-state index in [4.69, 9.17) is 11.6 Å². The summed E-state index contributed by atoms with van der Waals surface area (Å²) in [5.74, 6) is -1.42. The molecule has 0 bridgehead atoms. The third kappa shape index (κ3) is 5.53. The Hall–Kier alpha value is -2.23. The number of pyridine rings is 1. The summed E-state index contributed by atoms with van der Waals surface area (Å²) in [7, 11) is 0. The second-order valence-corrected chi connectivity index (χ2v) is 8.00. The number of hydrogen-bond acceptors (Lipinski definition) is 3. The van der Waals surface area contributed by atoms with Gasteiger partial charge in [-0.2, -0.15) is 22.0 Å². The van der Waals surface area contributed by atoms with Crippen LogP contribution in [0.5, 0.6) is 5.75 Å². The van der Waals surface area contributed by atoms with Crippen molar-refractivity contribution in [3.05, 3.63) is 34.5 Å². The van der Waals surface area contributed by atoms with Gasteiger partial charge in [-0.1, -0.05) is 18.5 Å². The Labute approximate surface area is 178 Å². The number of aromatic nitrogens is 1. The second kappa shape index (κ2) is 9.10. The van der Waals surface area contributed by atoms with Crippen molar-refractivity contribution in [2.75, 3.05) is 6.54 Å². The van der Waals surface area contributed by atoms with E-state index < -0.39 is 41.7 Å². The van der Waals surface area contributed by atoms with Crippen LogP contribution in [0.25, 0.3) is 10.9 Å². The van der Waals surface area contributed by atoms with Crippen molar-refractivity contribution >= 4 is 28.4 Å². The van der Waals surface area contributed by atoms with Gasteiger partial charge >= 0.3 is 12.8 Å². The maximum atomic E-state index is 13.6. The van der Waals surface area contributed by atoms with Gasteiger partial charge in [-0.15, -0.1) is 0 Å². The van der Waals surface area contributed by atoms with E-state index >= 15 is 0 Å². The summed E-state index contributed by atoms with van der Waals surface area (Å²) in [6.45, 7) is -1.24. The lowest BCUT2D eigenvalue weighted by Crippen LogP contribution is -2.36. The Bertz CT molecular complexity index is 969. The molecule has 4 nitrogen and oxygen atoms in total. The molecule has 1 heterocycles. The van der Waals surface area contributed by atoms with Crippen LogP contribution < -0.4 is 10.1 Å². The molecule has 170 valence electrons. The van der Waals surface area contributed by atoms with Crippen molar-refractivity contribution in [1.29, 1.82) is 0 Å². The molecule has 3 rings (SSSR count). The number of nitrogens with one attached hydrogen (secondary N) is 1. The summed E-state index contributed by atoms with van der Waals surface area (Å²) in [4.78, 5) is 16.3. The van der Waals surface area contributed by atoms with Crippen LogP contribution in [-0.4, -0.2) is 30.2 Å². The first-order chi connectivity index (χ1) is 14.5. The predicted molar refractivity (Wildman–Crippen MR) is 102 cm³/mol. The fourth-order valence-corrected chi connectivity index (χ4v) is 3.97. The summed E-state index contributed by atoms with van der Waals surface area (Å²) in [5.41, 5.74) is -2.40. The molecule has 3 atom stereocenters. The van der Waals surface area contributed by atoms with Crippen LogP contribution in [0.2, 0.25) is 5.02 Å². The first-order valence-corrected chi connectivity index (χ1v) is 9.92. The van der Waals surface area contributed by atoms with E-state index in [1.165, 1.54) is 0 Å². The minimum absolute atomic E-state index is 0.108. The largest absolute Gasteiger partial charge is 0.435 e. The van der Waals surface area contributed by atoms with Crippen molar-refractivity contribution in [2.45, 2.75) is 45.1 Å². The average Bonchev–Trinajstić information content (AvgIpc) is 2.67. The standard InChI is InChI=1S/C20H19ClF6N2O2/c1-9-2-3-11(22)4-10(9)8-28-18(30)16-7-15(21)13-5-12(31-19(23)24)6-14(17(13)29-16)20(25,26)27/h5-7,9-11,19H,2-4,8H2,1H3,(H,28,30). The molecule has 11 heteroatoms. The molecule has 0 radical (unpaired) electrons. The predicted octanol–water partition coefficient (Wildman–Crippen LogP) is 6.01. The summed E-state index contributed by atoms with van der Waals surface area (Å²) < 4.78 is 83.2. The molecular formula is C20H19ClF6N2O2. The molecule has 0 spiro atoms. The van der Waals surface area contributed by atoms with Gasteiger partial charge in [0.1, 0.15) is 17.6 Å². The van der Waals surface area contributed by atoms with Crippen molar-refractivity contribution in [3.8, 4) is 5.75 Å². The van der Waals surface area contributed by atoms with Gasteiger partial charge in [0.15, 0.2) is 0 Å². The minimum Gasteiger partial charge on any atom is -0.435 e. The molecular weight excluding hydrogens is 450 g/mol. The molecule has 2 aromatic rings. The van der Waals surface area contributed by atoms with E-state index in [9.17, 15) is 31.1 Å². The second-order valence-electron chi connectivity index (χ2n) is 7.59. The molecule has 1 saturated carbocycles. The monoisotopic (exact) mass is 468 g/mol. The first kappa shape index (κ1) is 23.4. The fourth-order valence-electron chi connectivity index (χ4n) is 3.72. The number of nitrogens with zero attached hydrogens (tertiary/aromatic N) is 1. The van der Waals surface area contributed by atoms with E-state index in [1.807, 2.05) is 6.92 Å². The third-order valence-electron chi connectivity index (χ3n) is 5.42. The zero-order chi connectivity index (χ0) is 22.9. The highest BCUT2D eigenvalue weighted by Crippen LogP contribution is 2.39. The third-order valence-corrected chi connectivity index (χ3v) is 5.74. The lowest BCUT2D eigenvalue weighted by atomic mass is 9.79. The number of ether oxygens (including phenoxy) is 1. The molecule has 31 heavy (non-hydrogen) atoms. The normalized spacial score (nSPS) is 22.0. The number of amides is 1. The van der Waals surface area contributed by atoms with E-state index in [0.717, 1.165) is 12.1 Å². The maximum Gasteiger partial charge on any atom is 0.418 e. The number of carbonyl (C=O) groups excluding carboxylic acids is 1. The van der Waals surface area contributed by atoms with Crippen LogP contribution in [0.4, 0.5) is 26.3 Å². The van der Waals surface area contributed by atoms with Crippen LogP contribution >= 0.6 is 11.6 Å². The molecule has 1 fully saturated rings. The zero-order valence-corrected chi connectivity index (χ0v) is 17.0. The summed E-state index contributed by atoms with van der Waals surface area (Å²) in [6.07, 6.45) is -4.48. The lowest BCUT2D eigenvalue weighted by molar-refractivity contribution is -0.136. The maximum absolute atomic E-state index is 13.6.